The molecule has 0 spiro atoms. The summed E-state index contributed by atoms with van der Waals surface area (Å²) in [5, 5.41) is 13.6. The van der Waals surface area contributed by atoms with Crippen molar-refractivity contribution in [1.82, 2.24) is 10.1 Å². The van der Waals surface area contributed by atoms with Gasteiger partial charge in [0.2, 0.25) is 5.89 Å². The topological polar surface area (TPSA) is 59.2 Å². The van der Waals surface area contributed by atoms with Crippen molar-refractivity contribution in [1.29, 1.82) is 0 Å². The van der Waals surface area contributed by atoms with Gasteiger partial charge in [-0.1, -0.05) is 30.3 Å². The van der Waals surface area contributed by atoms with E-state index >= 15 is 0 Å². The molecule has 1 aliphatic carbocycles. The number of benzene rings is 1. The van der Waals surface area contributed by atoms with Gasteiger partial charge < -0.3 is 9.63 Å². The van der Waals surface area contributed by atoms with Crippen molar-refractivity contribution < 1.29 is 9.63 Å². The van der Waals surface area contributed by atoms with E-state index in [1.54, 1.807) is 12.1 Å². The van der Waals surface area contributed by atoms with Crippen molar-refractivity contribution in [2.45, 2.75) is 25.7 Å². The normalized spacial score (nSPS) is 22.6. The number of hydrogen-bond donors (Lipinski definition) is 1. The first-order valence-electron chi connectivity index (χ1n) is 5.83. The Hall–Kier alpha value is -1.84. The maximum Gasteiger partial charge on any atom is 0.231 e. The van der Waals surface area contributed by atoms with Crippen LogP contribution in [-0.4, -0.2) is 15.2 Å². The first-order valence-corrected chi connectivity index (χ1v) is 5.83. The van der Waals surface area contributed by atoms with Crippen LogP contribution in [0.1, 0.15) is 36.5 Å². The molecule has 0 amide bonds. The molecule has 1 heterocycles. The average Bonchev–Trinajstić information content (AvgIpc) is 2.88. The second kappa shape index (κ2) is 3.87. The average molecular weight is 230 g/mol. The monoisotopic (exact) mass is 230 g/mol. The molecule has 1 aromatic carbocycles. The Bertz CT molecular complexity index is 536. The highest BCUT2D eigenvalue weighted by atomic mass is 16.5. The van der Waals surface area contributed by atoms with Crippen LogP contribution < -0.4 is 0 Å². The summed E-state index contributed by atoms with van der Waals surface area (Å²) in [4.78, 5) is 4.37. The van der Waals surface area contributed by atoms with E-state index in [1.807, 2.05) is 12.1 Å². The summed E-state index contributed by atoms with van der Waals surface area (Å²) in [6, 6.07) is 7.20. The molecule has 0 radical (unpaired) electrons. The standard InChI is InChI=1S/C13H14N2O2/c1-8-6-10(8)13-14-12(17-15-13)7-9-4-2-3-5-11(9)16/h2-5,8,10,16H,6-7H2,1H3. The Morgan fingerprint density at radius 3 is 2.88 bits per heavy atom. The van der Waals surface area contributed by atoms with Crippen molar-refractivity contribution in [2.24, 2.45) is 5.92 Å². The van der Waals surface area contributed by atoms with Crippen LogP contribution in [0.2, 0.25) is 0 Å². The van der Waals surface area contributed by atoms with Crippen molar-refractivity contribution in [3.8, 4) is 5.75 Å². The third kappa shape index (κ3) is 2.02. The molecular formula is C13H14N2O2. The maximum absolute atomic E-state index is 9.65. The van der Waals surface area contributed by atoms with Gasteiger partial charge in [0.05, 0.1) is 6.42 Å². The summed E-state index contributed by atoms with van der Waals surface area (Å²) >= 11 is 0. The van der Waals surface area contributed by atoms with Crippen LogP contribution in [0.5, 0.6) is 5.75 Å². The van der Waals surface area contributed by atoms with Crippen molar-refractivity contribution >= 4 is 0 Å². The second-order valence-electron chi connectivity index (χ2n) is 4.67. The molecule has 4 nitrogen and oxygen atoms in total. The summed E-state index contributed by atoms with van der Waals surface area (Å²) in [5.41, 5.74) is 0.812. The zero-order valence-corrected chi connectivity index (χ0v) is 9.63. The first-order chi connectivity index (χ1) is 8.24. The zero-order valence-electron chi connectivity index (χ0n) is 9.63. The third-order valence-electron chi connectivity index (χ3n) is 3.26. The molecule has 0 saturated heterocycles. The summed E-state index contributed by atoms with van der Waals surface area (Å²) < 4.78 is 5.20. The Kier molecular flexibility index (Phi) is 2.35. The van der Waals surface area contributed by atoms with Gasteiger partial charge in [-0.25, -0.2) is 0 Å². The van der Waals surface area contributed by atoms with Gasteiger partial charge in [0.15, 0.2) is 5.82 Å². The lowest BCUT2D eigenvalue weighted by atomic mass is 10.1. The van der Waals surface area contributed by atoms with Crippen LogP contribution in [0.15, 0.2) is 28.8 Å². The molecule has 88 valence electrons. The Balaban J connectivity index is 1.77. The minimum atomic E-state index is 0.270. The summed E-state index contributed by atoms with van der Waals surface area (Å²) in [6.45, 7) is 2.18. The number of para-hydroxylation sites is 1. The smallest absolute Gasteiger partial charge is 0.231 e. The number of nitrogens with zero attached hydrogens (tertiary/aromatic N) is 2. The summed E-state index contributed by atoms with van der Waals surface area (Å²) in [5.74, 6) is 2.79. The number of rotatable bonds is 3. The number of hydrogen-bond acceptors (Lipinski definition) is 4. The first kappa shape index (κ1) is 10.3. The number of phenolic OH excluding ortho intramolecular Hbond substituents is 1. The van der Waals surface area contributed by atoms with E-state index in [-0.39, 0.29) is 5.75 Å². The van der Waals surface area contributed by atoms with Gasteiger partial charge in [0.1, 0.15) is 5.75 Å². The number of aromatic nitrogens is 2. The van der Waals surface area contributed by atoms with Gasteiger partial charge in [-0.15, -0.1) is 0 Å². The molecular weight excluding hydrogens is 216 g/mol. The predicted octanol–water partition coefficient (Wildman–Crippen LogP) is 2.49. The Morgan fingerprint density at radius 2 is 2.18 bits per heavy atom. The molecule has 3 rings (SSSR count). The fraction of sp³-hybridized carbons (Fsp3) is 0.385. The largest absolute Gasteiger partial charge is 0.508 e. The minimum Gasteiger partial charge on any atom is -0.508 e. The molecule has 1 fully saturated rings. The molecule has 2 atom stereocenters. The molecule has 4 heteroatoms. The van der Waals surface area contributed by atoms with Gasteiger partial charge in [-0.3, -0.25) is 0 Å². The van der Waals surface area contributed by atoms with Crippen molar-refractivity contribution in [3.63, 3.8) is 0 Å². The Morgan fingerprint density at radius 1 is 1.41 bits per heavy atom. The van der Waals surface area contributed by atoms with Gasteiger partial charge >= 0.3 is 0 Å². The predicted molar refractivity (Wildman–Crippen MR) is 61.7 cm³/mol. The molecule has 17 heavy (non-hydrogen) atoms. The third-order valence-corrected chi connectivity index (χ3v) is 3.26. The molecule has 2 unspecified atom stereocenters. The highest BCUT2D eigenvalue weighted by molar-refractivity contribution is 5.33. The van der Waals surface area contributed by atoms with Crippen molar-refractivity contribution in [3.05, 3.63) is 41.5 Å². The molecule has 1 N–H and O–H groups in total. The Labute approximate surface area is 99.3 Å². The van der Waals surface area contributed by atoms with E-state index in [9.17, 15) is 5.11 Å². The van der Waals surface area contributed by atoms with Crippen LogP contribution in [0, 0.1) is 5.92 Å². The lowest BCUT2D eigenvalue weighted by Gasteiger charge is -1.99. The number of aromatic hydroxyl groups is 1. The fourth-order valence-electron chi connectivity index (χ4n) is 2.00. The maximum atomic E-state index is 9.65. The molecule has 2 aromatic rings. The van der Waals surface area contributed by atoms with E-state index in [4.69, 9.17) is 4.52 Å². The molecule has 0 aliphatic heterocycles. The van der Waals surface area contributed by atoms with Crippen LogP contribution in [0.3, 0.4) is 0 Å². The summed E-state index contributed by atoms with van der Waals surface area (Å²) in [7, 11) is 0. The SMILES string of the molecule is CC1CC1c1noc(Cc2ccccc2O)n1. The number of phenols is 1. The van der Waals surface area contributed by atoms with E-state index < -0.39 is 0 Å². The highest BCUT2D eigenvalue weighted by Crippen LogP contribution is 2.45. The van der Waals surface area contributed by atoms with Crippen LogP contribution in [0.25, 0.3) is 0 Å². The second-order valence-corrected chi connectivity index (χ2v) is 4.67. The summed E-state index contributed by atoms with van der Waals surface area (Å²) in [6.07, 6.45) is 1.64. The van der Waals surface area contributed by atoms with Crippen molar-refractivity contribution in [2.75, 3.05) is 0 Å². The van der Waals surface area contributed by atoms with E-state index in [2.05, 4.69) is 17.1 Å². The lowest BCUT2D eigenvalue weighted by molar-refractivity contribution is 0.377. The van der Waals surface area contributed by atoms with Gasteiger partial charge in [-0.05, 0) is 18.4 Å². The van der Waals surface area contributed by atoms with Gasteiger partial charge in [-0.2, -0.15) is 4.98 Å². The van der Waals surface area contributed by atoms with E-state index in [0.717, 1.165) is 17.8 Å². The molecule has 1 saturated carbocycles. The van der Waals surface area contributed by atoms with E-state index in [0.29, 0.717) is 24.1 Å². The quantitative estimate of drug-likeness (QED) is 0.880. The van der Waals surface area contributed by atoms with E-state index in [1.165, 1.54) is 0 Å². The lowest BCUT2D eigenvalue weighted by Crippen LogP contribution is -1.90. The van der Waals surface area contributed by atoms with Crippen LogP contribution >= 0.6 is 0 Å². The molecule has 0 bridgehead atoms. The van der Waals surface area contributed by atoms with Gasteiger partial charge in [0, 0.05) is 11.5 Å². The minimum absolute atomic E-state index is 0.270. The fourth-order valence-corrected chi connectivity index (χ4v) is 2.00. The van der Waals surface area contributed by atoms with Crippen LogP contribution in [-0.2, 0) is 6.42 Å². The highest BCUT2D eigenvalue weighted by Gasteiger charge is 2.38. The molecule has 1 aliphatic rings. The zero-order chi connectivity index (χ0) is 11.8. The molecule has 1 aromatic heterocycles. The van der Waals surface area contributed by atoms with Gasteiger partial charge in [0.25, 0.3) is 0 Å². The van der Waals surface area contributed by atoms with Crippen LogP contribution in [0.4, 0.5) is 0 Å².